The van der Waals surface area contributed by atoms with E-state index in [1.807, 2.05) is 0 Å². The van der Waals surface area contributed by atoms with Crippen LogP contribution < -0.4 is 19.5 Å². The van der Waals surface area contributed by atoms with E-state index in [0.717, 1.165) is 18.2 Å². The van der Waals surface area contributed by atoms with Crippen LogP contribution in [0, 0.1) is 17.5 Å². The SMILES string of the molecule is COc1cc(F)c(NC(=O)OC(C)(C)C)cc1OCc1c(OC)ccc(F)c1F. The maximum Gasteiger partial charge on any atom is 0.412 e. The van der Waals surface area contributed by atoms with Gasteiger partial charge in [-0.15, -0.1) is 0 Å². The fourth-order valence-corrected chi connectivity index (χ4v) is 2.37. The third-order valence-corrected chi connectivity index (χ3v) is 3.63. The van der Waals surface area contributed by atoms with Gasteiger partial charge in [-0.2, -0.15) is 0 Å². The summed E-state index contributed by atoms with van der Waals surface area (Å²) in [6.45, 7) is 4.55. The zero-order chi connectivity index (χ0) is 21.8. The average Bonchev–Trinajstić information content (AvgIpc) is 2.63. The predicted molar refractivity (Wildman–Crippen MR) is 100 cm³/mol. The van der Waals surface area contributed by atoms with Crippen molar-refractivity contribution >= 4 is 11.8 Å². The number of amides is 1. The van der Waals surface area contributed by atoms with Crippen molar-refractivity contribution in [1.82, 2.24) is 0 Å². The quantitative estimate of drug-likeness (QED) is 0.718. The highest BCUT2D eigenvalue weighted by atomic mass is 19.2. The molecule has 0 aliphatic rings. The second kappa shape index (κ2) is 8.93. The number of carbonyl (C=O) groups excluding carboxylic acids is 1. The Morgan fingerprint density at radius 1 is 0.966 bits per heavy atom. The van der Waals surface area contributed by atoms with E-state index < -0.39 is 35.8 Å². The van der Waals surface area contributed by atoms with Crippen LogP contribution in [-0.4, -0.2) is 25.9 Å². The summed E-state index contributed by atoms with van der Waals surface area (Å²) in [6, 6.07) is 4.33. The van der Waals surface area contributed by atoms with E-state index in [1.54, 1.807) is 20.8 Å². The molecule has 1 N–H and O–H groups in total. The van der Waals surface area contributed by atoms with E-state index in [1.165, 1.54) is 20.3 Å². The van der Waals surface area contributed by atoms with Crippen LogP contribution in [0.15, 0.2) is 24.3 Å². The molecular formula is C20H22F3NO5. The molecule has 158 valence electrons. The second-order valence-corrected chi connectivity index (χ2v) is 6.94. The third-order valence-electron chi connectivity index (χ3n) is 3.63. The van der Waals surface area contributed by atoms with Gasteiger partial charge in [0, 0.05) is 12.1 Å². The first-order chi connectivity index (χ1) is 13.6. The standard InChI is InChI=1S/C20H22F3NO5/c1-20(2,3)29-19(25)24-14-9-17(16(27-5)8-13(14)22)28-10-11-15(26-4)7-6-12(21)18(11)23/h6-9H,10H2,1-5H3,(H,24,25). The topological polar surface area (TPSA) is 66.0 Å². The first-order valence-electron chi connectivity index (χ1n) is 8.57. The van der Waals surface area contributed by atoms with E-state index in [-0.39, 0.29) is 28.5 Å². The van der Waals surface area contributed by atoms with E-state index in [9.17, 15) is 18.0 Å². The highest BCUT2D eigenvalue weighted by molar-refractivity contribution is 5.85. The van der Waals surface area contributed by atoms with Gasteiger partial charge in [-0.3, -0.25) is 5.32 Å². The first-order valence-corrected chi connectivity index (χ1v) is 8.57. The van der Waals surface area contributed by atoms with E-state index in [2.05, 4.69) is 5.32 Å². The minimum atomic E-state index is -1.13. The molecule has 1 amide bonds. The molecule has 2 rings (SSSR count). The fourth-order valence-electron chi connectivity index (χ4n) is 2.37. The van der Waals surface area contributed by atoms with Crippen LogP contribution in [0.3, 0.4) is 0 Å². The summed E-state index contributed by atoms with van der Waals surface area (Å²) in [6.07, 6.45) is -0.870. The van der Waals surface area contributed by atoms with Crippen molar-refractivity contribution in [3.63, 3.8) is 0 Å². The van der Waals surface area contributed by atoms with Crippen LogP contribution in [-0.2, 0) is 11.3 Å². The second-order valence-electron chi connectivity index (χ2n) is 6.94. The zero-order valence-corrected chi connectivity index (χ0v) is 16.7. The minimum Gasteiger partial charge on any atom is -0.496 e. The van der Waals surface area contributed by atoms with Crippen LogP contribution in [0.1, 0.15) is 26.3 Å². The summed E-state index contributed by atoms with van der Waals surface area (Å²) < 4.78 is 62.6. The lowest BCUT2D eigenvalue weighted by Crippen LogP contribution is -2.27. The molecular weight excluding hydrogens is 391 g/mol. The smallest absolute Gasteiger partial charge is 0.412 e. The molecule has 2 aromatic carbocycles. The number of hydrogen-bond acceptors (Lipinski definition) is 5. The Morgan fingerprint density at radius 2 is 1.62 bits per heavy atom. The van der Waals surface area contributed by atoms with Gasteiger partial charge >= 0.3 is 6.09 Å². The first kappa shape index (κ1) is 22.2. The molecule has 0 saturated carbocycles. The van der Waals surface area contributed by atoms with Crippen LogP contribution >= 0.6 is 0 Å². The number of hydrogen-bond donors (Lipinski definition) is 1. The number of methoxy groups -OCH3 is 2. The largest absolute Gasteiger partial charge is 0.496 e. The van der Waals surface area contributed by atoms with Gasteiger partial charge in [0.25, 0.3) is 0 Å². The summed E-state index contributed by atoms with van der Waals surface area (Å²) in [5.74, 6) is -2.93. The van der Waals surface area contributed by atoms with Gasteiger partial charge in [0.1, 0.15) is 18.0 Å². The predicted octanol–water partition coefficient (Wildman–Crippen LogP) is 5.05. The molecule has 0 atom stereocenters. The molecule has 29 heavy (non-hydrogen) atoms. The fraction of sp³-hybridized carbons (Fsp3) is 0.350. The summed E-state index contributed by atoms with van der Waals surface area (Å²) >= 11 is 0. The lowest BCUT2D eigenvalue weighted by molar-refractivity contribution is 0.0635. The normalized spacial score (nSPS) is 11.0. The third kappa shape index (κ3) is 5.69. The Kier molecular flexibility index (Phi) is 6.84. The Bertz CT molecular complexity index is 897. The monoisotopic (exact) mass is 413 g/mol. The van der Waals surface area contributed by atoms with Crippen LogP contribution in [0.5, 0.6) is 17.2 Å². The molecule has 9 heteroatoms. The highest BCUT2D eigenvalue weighted by Gasteiger charge is 2.20. The van der Waals surface area contributed by atoms with E-state index >= 15 is 0 Å². The van der Waals surface area contributed by atoms with Gasteiger partial charge in [-0.25, -0.2) is 18.0 Å². The minimum absolute atomic E-state index is 0.00647. The van der Waals surface area contributed by atoms with Crippen LogP contribution in [0.4, 0.5) is 23.7 Å². The van der Waals surface area contributed by atoms with Crippen molar-refractivity contribution in [2.45, 2.75) is 33.0 Å². The van der Waals surface area contributed by atoms with Crippen molar-refractivity contribution in [3.8, 4) is 17.2 Å². The lowest BCUT2D eigenvalue weighted by atomic mass is 10.2. The van der Waals surface area contributed by atoms with Crippen molar-refractivity contribution in [2.75, 3.05) is 19.5 Å². The van der Waals surface area contributed by atoms with Gasteiger partial charge in [0.15, 0.2) is 29.0 Å². The summed E-state index contributed by atoms with van der Waals surface area (Å²) in [5.41, 5.74) is -1.18. The number of halogens is 3. The average molecular weight is 413 g/mol. The molecule has 0 heterocycles. The van der Waals surface area contributed by atoms with Gasteiger partial charge < -0.3 is 18.9 Å². The van der Waals surface area contributed by atoms with Gasteiger partial charge in [0.2, 0.25) is 0 Å². The lowest BCUT2D eigenvalue weighted by Gasteiger charge is -2.20. The van der Waals surface area contributed by atoms with Gasteiger partial charge in [-0.1, -0.05) is 0 Å². The zero-order valence-electron chi connectivity index (χ0n) is 16.7. The maximum atomic E-state index is 14.3. The number of anilines is 1. The maximum absolute atomic E-state index is 14.3. The molecule has 2 aromatic rings. The Hall–Kier alpha value is -3.10. The van der Waals surface area contributed by atoms with Crippen molar-refractivity contribution < 1.29 is 36.9 Å². The number of benzene rings is 2. The van der Waals surface area contributed by atoms with Crippen LogP contribution in [0.2, 0.25) is 0 Å². The van der Waals surface area contributed by atoms with Crippen molar-refractivity contribution in [1.29, 1.82) is 0 Å². The van der Waals surface area contributed by atoms with E-state index in [0.29, 0.717) is 0 Å². The summed E-state index contributed by atoms with van der Waals surface area (Å²) in [7, 11) is 2.59. The van der Waals surface area contributed by atoms with Gasteiger partial charge in [0.05, 0.1) is 25.5 Å². The molecule has 0 radical (unpaired) electrons. The molecule has 0 unspecified atom stereocenters. The van der Waals surface area contributed by atoms with Crippen LogP contribution in [0.25, 0.3) is 0 Å². The Balaban J connectivity index is 2.29. The molecule has 0 saturated heterocycles. The summed E-state index contributed by atoms with van der Waals surface area (Å²) in [4.78, 5) is 11.9. The number of nitrogens with one attached hydrogen (secondary N) is 1. The van der Waals surface area contributed by atoms with Crippen molar-refractivity contribution in [2.24, 2.45) is 0 Å². The van der Waals surface area contributed by atoms with E-state index in [4.69, 9.17) is 18.9 Å². The molecule has 0 aliphatic heterocycles. The molecule has 6 nitrogen and oxygen atoms in total. The number of carbonyl (C=O) groups is 1. The number of ether oxygens (including phenoxy) is 4. The molecule has 0 aromatic heterocycles. The molecule has 0 aliphatic carbocycles. The number of rotatable bonds is 6. The molecule has 0 bridgehead atoms. The van der Waals surface area contributed by atoms with Gasteiger partial charge in [-0.05, 0) is 32.9 Å². The molecule has 0 spiro atoms. The molecule has 0 fully saturated rings. The Labute approximate surface area is 166 Å². The Morgan fingerprint density at radius 3 is 2.21 bits per heavy atom. The van der Waals surface area contributed by atoms with Crippen molar-refractivity contribution in [3.05, 3.63) is 47.3 Å². The summed E-state index contributed by atoms with van der Waals surface area (Å²) in [5, 5.41) is 2.27. The highest BCUT2D eigenvalue weighted by Crippen LogP contribution is 2.34.